The average molecular weight is 380 g/mol. The Morgan fingerprint density at radius 1 is 0.476 bits per heavy atom. The Bertz CT molecular complexity index is 949. The Hall–Kier alpha value is -1.87. The lowest BCUT2D eigenvalue weighted by Crippen LogP contribution is -1.85. The molecule has 4 rings (SSSR count). The zero-order valence-corrected chi connectivity index (χ0v) is 13.5. The van der Waals surface area contributed by atoms with Gasteiger partial charge in [-0.15, -0.1) is 0 Å². The van der Waals surface area contributed by atoms with Crippen LogP contribution < -0.4 is 0 Å². The molecule has 0 bridgehead atoms. The van der Waals surface area contributed by atoms with Crippen molar-refractivity contribution in [3.63, 3.8) is 0 Å². The van der Waals surface area contributed by atoms with Crippen molar-refractivity contribution in [1.29, 1.82) is 0 Å². The van der Waals surface area contributed by atoms with Gasteiger partial charge in [0.2, 0.25) is 0 Å². The van der Waals surface area contributed by atoms with E-state index in [1.54, 1.807) is 0 Å². The minimum atomic E-state index is 1.29. The first-order valence-electron chi connectivity index (χ1n) is 7.00. The standard InChI is InChI=1S/C20H13I/c21-20-13-5-11-18-17(10-4-12-19(18)20)16-9-3-7-14-6-1-2-8-15(14)16/h1-13H. The second kappa shape index (κ2) is 5.15. The summed E-state index contributed by atoms with van der Waals surface area (Å²) in [5.41, 5.74) is 2.61. The Kier molecular flexibility index (Phi) is 3.15. The molecule has 1 heteroatoms. The van der Waals surface area contributed by atoms with Gasteiger partial charge in [-0.1, -0.05) is 72.8 Å². The van der Waals surface area contributed by atoms with Gasteiger partial charge in [0.15, 0.2) is 0 Å². The van der Waals surface area contributed by atoms with Gasteiger partial charge in [-0.3, -0.25) is 0 Å². The molecule has 100 valence electrons. The van der Waals surface area contributed by atoms with Gasteiger partial charge in [-0.2, -0.15) is 0 Å². The molecule has 0 aliphatic heterocycles. The third-order valence-electron chi connectivity index (χ3n) is 3.95. The summed E-state index contributed by atoms with van der Waals surface area (Å²) in [6, 6.07) is 28.2. The van der Waals surface area contributed by atoms with E-state index in [0.717, 1.165) is 0 Å². The summed E-state index contributed by atoms with van der Waals surface area (Å²) in [6.45, 7) is 0. The highest BCUT2D eigenvalue weighted by Gasteiger charge is 2.08. The van der Waals surface area contributed by atoms with E-state index < -0.39 is 0 Å². The summed E-state index contributed by atoms with van der Waals surface area (Å²) < 4.78 is 1.30. The maximum absolute atomic E-state index is 2.41. The molecule has 0 saturated heterocycles. The van der Waals surface area contributed by atoms with Crippen molar-refractivity contribution in [2.24, 2.45) is 0 Å². The predicted octanol–water partition coefficient (Wildman–Crippen LogP) is 6.26. The SMILES string of the molecule is Ic1cccc2c(-c3cccc4ccccc34)cccc12. The molecule has 4 aromatic rings. The molecular weight excluding hydrogens is 367 g/mol. The van der Waals surface area contributed by atoms with E-state index in [4.69, 9.17) is 0 Å². The fraction of sp³-hybridized carbons (Fsp3) is 0. The molecule has 0 spiro atoms. The number of hydrogen-bond acceptors (Lipinski definition) is 0. The lowest BCUT2D eigenvalue weighted by molar-refractivity contribution is 1.67. The summed E-state index contributed by atoms with van der Waals surface area (Å²) >= 11 is 2.41. The van der Waals surface area contributed by atoms with Crippen LogP contribution in [0.25, 0.3) is 32.7 Å². The molecule has 21 heavy (non-hydrogen) atoms. The summed E-state index contributed by atoms with van der Waals surface area (Å²) in [5.74, 6) is 0. The average Bonchev–Trinajstić information content (AvgIpc) is 2.54. The molecule has 0 aliphatic rings. The Balaban J connectivity index is 2.12. The van der Waals surface area contributed by atoms with Crippen LogP contribution in [0.2, 0.25) is 0 Å². The van der Waals surface area contributed by atoms with Crippen molar-refractivity contribution in [1.82, 2.24) is 0 Å². The molecule has 0 N–H and O–H groups in total. The number of halogens is 1. The predicted molar refractivity (Wildman–Crippen MR) is 99.6 cm³/mol. The molecule has 0 aliphatic carbocycles. The Morgan fingerprint density at radius 2 is 1.05 bits per heavy atom. The first kappa shape index (κ1) is 12.8. The van der Waals surface area contributed by atoms with Crippen LogP contribution in [0.15, 0.2) is 78.9 Å². The number of rotatable bonds is 1. The molecule has 0 fully saturated rings. The summed E-state index contributed by atoms with van der Waals surface area (Å²) in [4.78, 5) is 0. The molecule has 0 atom stereocenters. The molecule has 0 amide bonds. The van der Waals surface area contributed by atoms with E-state index in [2.05, 4.69) is 101 Å². The molecule has 0 unspecified atom stereocenters. The van der Waals surface area contributed by atoms with Crippen molar-refractivity contribution in [2.75, 3.05) is 0 Å². The highest BCUT2D eigenvalue weighted by atomic mass is 127. The van der Waals surface area contributed by atoms with E-state index in [9.17, 15) is 0 Å². The minimum Gasteiger partial charge on any atom is -0.0616 e. The third kappa shape index (κ3) is 2.12. The van der Waals surface area contributed by atoms with Gasteiger partial charge in [0.1, 0.15) is 0 Å². The van der Waals surface area contributed by atoms with Gasteiger partial charge in [-0.05, 0) is 61.3 Å². The van der Waals surface area contributed by atoms with Gasteiger partial charge in [0.25, 0.3) is 0 Å². The van der Waals surface area contributed by atoms with Crippen LogP contribution in [0.4, 0.5) is 0 Å². The Labute approximate surface area is 137 Å². The van der Waals surface area contributed by atoms with E-state index >= 15 is 0 Å². The van der Waals surface area contributed by atoms with Crippen LogP contribution in [-0.2, 0) is 0 Å². The second-order valence-electron chi connectivity index (χ2n) is 5.17. The maximum Gasteiger partial charge on any atom is 0.0209 e. The fourth-order valence-electron chi connectivity index (χ4n) is 2.97. The lowest BCUT2D eigenvalue weighted by atomic mass is 9.94. The largest absolute Gasteiger partial charge is 0.0616 e. The van der Waals surface area contributed by atoms with Gasteiger partial charge in [0.05, 0.1) is 0 Å². The van der Waals surface area contributed by atoms with Crippen LogP contribution in [0.1, 0.15) is 0 Å². The van der Waals surface area contributed by atoms with Gasteiger partial charge in [-0.25, -0.2) is 0 Å². The van der Waals surface area contributed by atoms with E-state index in [1.807, 2.05) is 0 Å². The molecule has 0 radical (unpaired) electrons. The van der Waals surface area contributed by atoms with E-state index in [1.165, 1.54) is 36.2 Å². The van der Waals surface area contributed by atoms with E-state index in [-0.39, 0.29) is 0 Å². The highest BCUT2D eigenvalue weighted by molar-refractivity contribution is 14.1. The van der Waals surface area contributed by atoms with E-state index in [0.29, 0.717) is 0 Å². The number of benzene rings is 4. The molecule has 0 aromatic heterocycles. The van der Waals surface area contributed by atoms with Crippen LogP contribution >= 0.6 is 22.6 Å². The minimum absolute atomic E-state index is 1.29. The lowest BCUT2D eigenvalue weighted by Gasteiger charge is -2.11. The topological polar surface area (TPSA) is 0 Å². The van der Waals surface area contributed by atoms with Crippen molar-refractivity contribution in [3.8, 4) is 11.1 Å². The third-order valence-corrected chi connectivity index (χ3v) is 4.89. The quantitative estimate of drug-likeness (QED) is 0.342. The second-order valence-corrected chi connectivity index (χ2v) is 6.33. The monoisotopic (exact) mass is 380 g/mol. The van der Waals surface area contributed by atoms with Crippen LogP contribution in [0, 0.1) is 3.57 Å². The first-order chi connectivity index (χ1) is 10.3. The highest BCUT2D eigenvalue weighted by Crippen LogP contribution is 2.34. The van der Waals surface area contributed by atoms with Crippen LogP contribution in [0.5, 0.6) is 0 Å². The Morgan fingerprint density at radius 3 is 1.95 bits per heavy atom. The van der Waals surface area contributed by atoms with Crippen molar-refractivity contribution >= 4 is 44.1 Å². The summed E-state index contributed by atoms with van der Waals surface area (Å²) in [7, 11) is 0. The van der Waals surface area contributed by atoms with Crippen molar-refractivity contribution in [2.45, 2.75) is 0 Å². The van der Waals surface area contributed by atoms with Crippen LogP contribution in [0.3, 0.4) is 0 Å². The number of hydrogen-bond donors (Lipinski definition) is 0. The number of fused-ring (bicyclic) bond motifs is 2. The van der Waals surface area contributed by atoms with Crippen LogP contribution in [-0.4, -0.2) is 0 Å². The zero-order valence-electron chi connectivity index (χ0n) is 11.4. The van der Waals surface area contributed by atoms with Gasteiger partial charge < -0.3 is 0 Å². The summed E-state index contributed by atoms with van der Waals surface area (Å²) in [5, 5.41) is 5.24. The van der Waals surface area contributed by atoms with Crippen molar-refractivity contribution in [3.05, 3.63) is 82.4 Å². The molecule has 0 saturated carbocycles. The zero-order chi connectivity index (χ0) is 14.2. The summed E-state index contributed by atoms with van der Waals surface area (Å²) in [6.07, 6.45) is 0. The normalized spacial score (nSPS) is 11.1. The molecule has 0 nitrogen and oxygen atoms in total. The molecule has 4 aromatic carbocycles. The molecular formula is C20H13I. The smallest absolute Gasteiger partial charge is 0.0209 e. The maximum atomic E-state index is 2.41. The molecule has 0 heterocycles. The first-order valence-corrected chi connectivity index (χ1v) is 8.08. The fourth-order valence-corrected chi connectivity index (χ4v) is 3.64. The van der Waals surface area contributed by atoms with Crippen molar-refractivity contribution < 1.29 is 0 Å². The van der Waals surface area contributed by atoms with Gasteiger partial charge >= 0.3 is 0 Å². The van der Waals surface area contributed by atoms with Gasteiger partial charge in [0, 0.05) is 3.57 Å².